The lowest BCUT2D eigenvalue weighted by atomic mass is 10.2. The lowest BCUT2D eigenvalue weighted by Gasteiger charge is -2.26. The Morgan fingerprint density at radius 2 is 1.70 bits per heavy atom. The van der Waals surface area contributed by atoms with E-state index in [0.29, 0.717) is 22.1 Å². The quantitative estimate of drug-likeness (QED) is 0.603. The molecule has 0 saturated heterocycles. The van der Waals surface area contributed by atoms with Crippen LogP contribution in [0.5, 0.6) is 0 Å². The minimum absolute atomic E-state index is 0.0895. The van der Waals surface area contributed by atoms with Crippen molar-refractivity contribution in [3.63, 3.8) is 0 Å². The number of carbonyl (C=O) groups is 1. The topological polar surface area (TPSA) is 92.3 Å². The normalized spacial score (nSPS) is 11.2. The number of aryl methyl sites for hydroxylation is 1. The molecule has 0 fully saturated rings. The summed E-state index contributed by atoms with van der Waals surface area (Å²) in [5.74, 6) is -0.0600. The summed E-state index contributed by atoms with van der Waals surface area (Å²) in [6.07, 6.45) is 3.13. The van der Waals surface area contributed by atoms with Crippen LogP contribution in [-0.4, -0.2) is 30.8 Å². The molecule has 30 heavy (non-hydrogen) atoms. The highest BCUT2D eigenvalue weighted by Crippen LogP contribution is 2.30. The average Bonchev–Trinajstić information content (AvgIpc) is 2.74. The Morgan fingerprint density at radius 3 is 2.37 bits per heavy atom. The molecule has 0 saturated carbocycles. The number of aromatic nitrogens is 2. The maximum absolute atomic E-state index is 13.4. The van der Waals surface area contributed by atoms with Crippen LogP contribution >= 0.6 is 11.6 Å². The Balaban J connectivity index is 1.92. The molecule has 9 heteroatoms. The van der Waals surface area contributed by atoms with Crippen molar-refractivity contribution in [1.29, 1.82) is 0 Å². The number of halogens is 1. The van der Waals surface area contributed by atoms with E-state index in [1.807, 2.05) is 6.92 Å². The van der Waals surface area contributed by atoms with Gasteiger partial charge in [-0.1, -0.05) is 35.4 Å². The van der Waals surface area contributed by atoms with Crippen molar-refractivity contribution < 1.29 is 13.2 Å². The van der Waals surface area contributed by atoms with E-state index in [2.05, 4.69) is 15.3 Å². The van der Waals surface area contributed by atoms with Crippen LogP contribution in [0.1, 0.15) is 17.0 Å². The first-order chi connectivity index (χ1) is 14.3. The van der Waals surface area contributed by atoms with E-state index in [1.165, 1.54) is 12.1 Å². The highest BCUT2D eigenvalue weighted by Gasteiger charge is 2.28. The van der Waals surface area contributed by atoms with Crippen LogP contribution in [0.3, 0.4) is 0 Å². The number of nitrogens with one attached hydrogen (secondary N) is 1. The van der Waals surface area contributed by atoms with Crippen molar-refractivity contribution in [2.75, 3.05) is 10.8 Å². The molecule has 156 valence electrons. The predicted octanol–water partition coefficient (Wildman–Crippen LogP) is 3.26. The summed E-state index contributed by atoms with van der Waals surface area (Å²) >= 11 is 6.21. The molecule has 2 aromatic carbocycles. The van der Waals surface area contributed by atoms with Crippen molar-refractivity contribution in [3.8, 4) is 0 Å². The smallest absolute Gasteiger partial charge is 0.264 e. The molecule has 0 unspecified atom stereocenters. The maximum Gasteiger partial charge on any atom is 0.264 e. The third kappa shape index (κ3) is 4.95. The molecule has 0 aliphatic rings. The Kier molecular flexibility index (Phi) is 6.69. The zero-order chi connectivity index (χ0) is 21.7. The number of anilines is 1. The number of sulfonamides is 1. The summed E-state index contributed by atoms with van der Waals surface area (Å²) in [6, 6.07) is 13.1. The van der Waals surface area contributed by atoms with E-state index >= 15 is 0 Å². The molecule has 1 heterocycles. The second-order valence-electron chi connectivity index (χ2n) is 6.65. The molecule has 0 aliphatic heterocycles. The highest BCUT2D eigenvalue weighted by atomic mass is 35.5. The minimum Gasteiger partial charge on any atom is -0.347 e. The number of hydrogen-bond acceptors (Lipinski definition) is 5. The van der Waals surface area contributed by atoms with Crippen LogP contribution in [0.2, 0.25) is 5.02 Å². The number of amides is 1. The van der Waals surface area contributed by atoms with Crippen LogP contribution in [0, 0.1) is 13.8 Å². The van der Waals surface area contributed by atoms with Gasteiger partial charge >= 0.3 is 0 Å². The summed E-state index contributed by atoms with van der Waals surface area (Å²) < 4.78 is 27.9. The molecule has 0 bridgehead atoms. The first kappa shape index (κ1) is 21.7. The second-order valence-corrected chi connectivity index (χ2v) is 8.92. The number of benzene rings is 2. The average molecular weight is 445 g/mol. The van der Waals surface area contributed by atoms with Gasteiger partial charge in [-0.3, -0.25) is 9.10 Å². The van der Waals surface area contributed by atoms with Gasteiger partial charge in [-0.2, -0.15) is 0 Å². The molecule has 0 radical (unpaired) electrons. The van der Waals surface area contributed by atoms with Gasteiger partial charge in [0.05, 0.1) is 17.1 Å². The third-order valence-electron chi connectivity index (χ3n) is 4.47. The highest BCUT2D eigenvalue weighted by molar-refractivity contribution is 7.92. The molecule has 3 rings (SSSR count). The molecule has 1 aromatic heterocycles. The number of carbonyl (C=O) groups excluding carboxylic acids is 1. The largest absolute Gasteiger partial charge is 0.347 e. The molecule has 1 amide bonds. The molecule has 0 atom stereocenters. The first-order valence-electron chi connectivity index (χ1n) is 9.16. The maximum atomic E-state index is 13.4. The van der Waals surface area contributed by atoms with Gasteiger partial charge in [-0.15, -0.1) is 0 Å². The molecular formula is C21H21ClN4O3S. The molecule has 7 nitrogen and oxygen atoms in total. The zero-order valence-electron chi connectivity index (χ0n) is 16.5. The van der Waals surface area contributed by atoms with Gasteiger partial charge in [0.1, 0.15) is 12.4 Å². The van der Waals surface area contributed by atoms with E-state index < -0.39 is 22.5 Å². The summed E-state index contributed by atoms with van der Waals surface area (Å²) in [5, 5.41) is 3.07. The van der Waals surface area contributed by atoms with Gasteiger partial charge in [0.25, 0.3) is 10.0 Å². The molecule has 1 N–H and O–H groups in total. The Morgan fingerprint density at radius 1 is 1.03 bits per heavy atom. The molecule has 0 aliphatic carbocycles. The van der Waals surface area contributed by atoms with E-state index in [1.54, 1.807) is 55.7 Å². The lowest BCUT2D eigenvalue weighted by molar-refractivity contribution is -0.119. The van der Waals surface area contributed by atoms with Crippen molar-refractivity contribution in [3.05, 3.63) is 82.9 Å². The minimum atomic E-state index is -4.01. The second kappa shape index (κ2) is 9.23. The Labute approximate surface area is 180 Å². The van der Waals surface area contributed by atoms with E-state index in [-0.39, 0.29) is 11.4 Å². The van der Waals surface area contributed by atoms with E-state index in [0.717, 1.165) is 9.87 Å². The fourth-order valence-corrected chi connectivity index (χ4v) is 4.44. The van der Waals surface area contributed by atoms with Crippen molar-refractivity contribution in [1.82, 2.24) is 15.3 Å². The van der Waals surface area contributed by atoms with E-state index in [9.17, 15) is 13.2 Å². The van der Waals surface area contributed by atoms with Crippen LogP contribution in [0.4, 0.5) is 5.69 Å². The number of hydrogen-bond donors (Lipinski definition) is 1. The van der Waals surface area contributed by atoms with Gasteiger partial charge in [0.2, 0.25) is 5.91 Å². The molecular weight excluding hydrogens is 424 g/mol. The monoisotopic (exact) mass is 444 g/mol. The lowest BCUT2D eigenvalue weighted by Crippen LogP contribution is -2.41. The molecule has 3 aromatic rings. The summed E-state index contributed by atoms with van der Waals surface area (Å²) in [4.78, 5) is 20.8. The van der Waals surface area contributed by atoms with Crippen molar-refractivity contribution in [2.45, 2.75) is 25.3 Å². The SMILES string of the molecule is Cc1ccc(S(=O)(=O)N(CC(=O)NCc2ncccn2)c2cccc(Cl)c2C)cc1. The van der Waals surface area contributed by atoms with Gasteiger partial charge in [0, 0.05) is 17.4 Å². The Bertz CT molecular complexity index is 1140. The van der Waals surface area contributed by atoms with Crippen molar-refractivity contribution in [2.24, 2.45) is 0 Å². The molecule has 0 spiro atoms. The van der Waals surface area contributed by atoms with E-state index in [4.69, 9.17) is 11.6 Å². The Hall–Kier alpha value is -2.97. The van der Waals surface area contributed by atoms with Crippen LogP contribution < -0.4 is 9.62 Å². The summed E-state index contributed by atoms with van der Waals surface area (Å²) in [6.45, 7) is 3.26. The van der Waals surface area contributed by atoms with Gasteiger partial charge in [-0.05, 0) is 49.7 Å². The van der Waals surface area contributed by atoms with Gasteiger partial charge < -0.3 is 5.32 Å². The standard InChI is InChI=1S/C21H21ClN4O3S/c1-15-7-9-17(10-8-15)30(28,29)26(19-6-3-5-18(22)16(19)2)14-21(27)25-13-20-23-11-4-12-24-20/h3-12H,13-14H2,1-2H3,(H,25,27). The van der Waals surface area contributed by atoms with Crippen molar-refractivity contribution >= 4 is 33.2 Å². The third-order valence-corrected chi connectivity index (χ3v) is 6.65. The fourth-order valence-electron chi connectivity index (χ4n) is 2.79. The number of rotatable bonds is 7. The van der Waals surface area contributed by atoms with Crippen LogP contribution in [-0.2, 0) is 21.4 Å². The summed E-state index contributed by atoms with van der Waals surface area (Å²) in [7, 11) is -4.01. The fraction of sp³-hybridized carbons (Fsp3) is 0.190. The summed E-state index contributed by atoms with van der Waals surface area (Å²) in [5.41, 5.74) is 1.84. The predicted molar refractivity (Wildman–Crippen MR) is 116 cm³/mol. The zero-order valence-corrected chi connectivity index (χ0v) is 18.1. The van der Waals surface area contributed by atoms with Gasteiger partial charge in [0.15, 0.2) is 0 Å². The van der Waals surface area contributed by atoms with Crippen LogP contribution in [0.25, 0.3) is 0 Å². The van der Waals surface area contributed by atoms with Gasteiger partial charge in [-0.25, -0.2) is 18.4 Å². The van der Waals surface area contributed by atoms with Crippen LogP contribution in [0.15, 0.2) is 65.8 Å². The first-order valence-corrected chi connectivity index (χ1v) is 11.0. The number of nitrogens with zero attached hydrogens (tertiary/aromatic N) is 3.